The first-order chi connectivity index (χ1) is 11.2. The van der Waals surface area contributed by atoms with Crippen molar-refractivity contribution in [2.75, 3.05) is 25.0 Å². The molecule has 24 heavy (non-hydrogen) atoms. The van der Waals surface area contributed by atoms with Gasteiger partial charge in [-0.1, -0.05) is 29.3 Å². The van der Waals surface area contributed by atoms with Gasteiger partial charge in [-0.2, -0.15) is 0 Å². The first kappa shape index (κ1) is 18.9. The van der Waals surface area contributed by atoms with E-state index in [2.05, 4.69) is 10.6 Å². The summed E-state index contributed by atoms with van der Waals surface area (Å²) in [5.41, 5.74) is 0.250. The van der Waals surface area contributed by atoms with Crippen LogP contribution in [0.5, 0.6) is 0 Å². The zero-order chi connectivity index (χ0) is 17.9. The fourth-order valence-corrected chi connectivity index (χ4v) is 2.92. The molecule has 0 aliphatic carbocycles. The topological polar surface area (TPSA) is 61.4 Å². The van der Waals surface area contributed by atoms with E-state index < -0.39 is 36.7 Å². The summed E-state index contributed by atoms with van der Waals surface area (Å²) >= 11 is 11.9. The lowest BCUT2D eigenvalue weighted by Gasteiger charge is -2.24. The molecule has 2 N–H and O–H groups in total. The van der Waals surface area contributed by atoms with Crippen LogP contribution in [-0.2, 0) is 9.59 Å². The molecule has 1 heterocycles. The summed E-state index contributed by atoms with van der Waals surface area (Å²) in [7, 11) is 0. The maximum atomic E-state index is 13.2. The van der Waals surface area contributed by atoms with Crippen LogP contribution >= 0.6 is 23.2 Å². The van der Waals surface area contributed by atoms with Crippen molar-refractivity contribution in [2.24, 2.45) is 0 Å². The molecule has 1 fully saturated rings. The number of anilines is 1. The van der Waals surface area contributed by atoms with Gasteiger partial charge in [0, 0.05) is 13.0 Å². The zero-order valence-electron chi connectivity index (χ0n) is 12.9. The van der Waals surface area contributed by atoms with Gasteiger partial charge in [-0.15, -0.1) is 0 Å². The van der Waals surface area contributed by atoms with Crippen LogP contribution in [0.2, 0.25) is 10.0 Å². The lowest BCUT2D eigenvalue weighted by molar-refractivity contribution is -0.136. The molecular weight excluding hydrogens is 363 g/mol. The van der Waals surface area contributed by atoms with Crippen molar-refractivity contribution < 1.29 is 18.4 Å². The molecular formula is C15H17Cl2F2N3O2. The minimum absolute atomic E-state index is 0.215. The van der Waals surface area contributed by atoms with Gasteiger partial charge in [-0.25, -0.2) is 8.78 Å². The zero-order valence-corrected chi connectivity index (χ0v) is 14.4. The number of nitrogens with zero attached hydrogens (tertiary/aromatic N) is 1. The highest BCUT2D eigenvalue weighted by Crippen LogP contribution is 2.30. The van der Waals surface area contributed by atoms with Crippen LogP contribution < -0.4 is 10.6 Å². The van der Waals surface area contributed by atoms with E-state index in [0.29, 0.717) is 0 Å². The molecule has 132 valence electrons. The lowest BCUT2D eigenvalue weighted by atomic mass is 10.1. The predicted octanol–water partition coefficient (Wildman–Crippen LogP) is 2.78. The number of hydrogen-bond donors (Lipinski definition) is 2. The maximum absolute atomic E-state index is 13.2. The van der Waals surface area contributed by atoms with Crippen molar-refractivity contribution in [3.63, 3.8) is 0 Å². The summed E-state index contributed by atoms with van der Waals surface area (Å²) in [6.45, 7) is 1.07. The summed E-state index contributed by atoms with van der Waals surface area (Å²) in [5, 5.41) is 5.56. The van der Waals surface area contributed by atoms with Gasteiger partial charge in [0.15, 0.2) is 0 Å². The van der Waals surface area contributed by atoms with Gasteiger partial charge in [0.05, 0.1) is 34.9 Å². The third kappa shape index (κ3) is 4.55. The van der Waals surface area contributed by atoms with E-state index in [1.807, 2.05) is 0 Å². The third-order valence-electron chi connectivity index (χ3n) is 3.66. The second-order valence-corrected chi connectivity index (χ2v) is 6.31. The molecule has 0 aromatic heterocycles. The third-order valence-corrected chi connectivity index (χ3v) is 4.29. The van der Waals surface area contributed by atoms with Gasteiger partial charge in [0.25, 0.3) is 5.92 Å². The number of rotatable bonds is 5. The van der Waals surface area contributed by atoms with Gasteiger partial charge in [-0.3, -0.25) is 14.9 Å². The lowest BCUT2D eigenvalue weighted by Crippen LogP contribution is -2.46. The van der Waals surface area contributed by atoms with Gasteiger partial charge in [-0.05, 0) is 19.1 Å². The maximum Gasteiger partial charge on any atom is 0.262 e. The highest BCUT2D eigenvalue weighted by Gasteiger charge is 2.43. The van der Waals surface area contributed by atoms with Crippen molar-refractivity contribution in [1.82, 2.24) is 10.2 Å². The molecule has 1 aromatic rings. The number of amides is 2. The number of alkyl halides is 2. The quantitative estimate of drug-likeness (QED) is 0.826. The number of likely N-dealkylation sites (N-methyl/N-ethyl adjacent to an activating group) is 1. The Morgan fingerprint density at radius 2 is 2.00 bits per heavy atom. The molecule has 0 radical (unpaired) electrons. The Hall–Kier alpha value is -1.44. The molecule has 0 spiro atoms. The van der Waals surface area contributed by atoms with Gasteiger partial charge < -0.3 is 10.2 Å². The highest BCUT2D eigenvalue weighted by atomic mass is 35.5. The van der Waals surface area contributed by atoms with E-state index in [1.54, 1.807) is 25.1 Å². The second-order valence-electron chi connectivity index (χ2n) is 5.49. The number of halogens is 4. The van der Waals surface area contributed by atoms with Crippen LogP contribution in [0.15, 0.2) is 18.2 Å². The smallest absolute Gasteiger partial charge is 0.262 e. The summed E-state index contributed by atoms with van der Waals surface area (Å²) in [6, 6.07) is 3.78. The average molecular weight is 380 g/mol. The fraction of sp³-hybridized carbons (Fsp3) is 0.467. The molecule has 2 amide bonds. The molecule has 5 nitrogen and oxygen atoms in total. The summed E-state index contributed by atoms with van der Waals surface area (Å²) in [6.07, 6.45) is -0.569. The molecule has 0 bridgehead atoms. The molecule has 1 aliphatic rings. The van der Waals surface area contributed by atoms with Crippen molar-refractivity contribution in [2.45, 2.75) is 25.3 Å². The number of para-hydroxylation sites is 1. The monoisotopic (exact) mass is 379 g/mol. The molecule has 1 unspecified atom stereocenters. The van der Waals surface area contributed by atoms with Gasteiger partial charge in [0.1, 0.15) is 0 Å². The van der Waals surface area contributed by atoms with Crippen LogP contribution in [0.25, 0.3) is 0 Å². The first-order valence-corrected chi connectivity index (χ1v) is 8.13. The van der Waals surface area contributed by atoms with E-state index in [0.717, 1.165) is 0 Å². The Bertz CT molecular complexity index is 623. The predicted molar refractivity (Wildman–Crippen MR) is 88.7 cm³/mol. The second kappa shape index (κ2) is 7.63. The van der Waals surface area contributed by atoms with Crippen molar-refractivity contribution in [3.05, 3.63) is 28.2 Å². The Kier molecular flexibility index (Phi) is 6.01. The SMILES string of the molecule is CCN(CC(=O)Nc1c(Cl)cccc1Cl)C(=O)C1CC(F)(F)CN1. The highest BCUT2D eigenvalue weighted by molar-refractivity contribution is 6.39. The average Bonchev–Trinajstić information content (AvgIpc) is 2.88. The van der Waals surface area contributed by atoms with E-state index in [9.17, 15) is 18.4 Å². The summed E-state index contributed by atoms with van der Waals surface area (Å²) in [5.74, 6) is -3.95. The molecule has 1 aromatic carbocycles. The standard InChI is InChI=1S/C15H17Cl2F2N3O2/c1-2-22(14(24)11-6-15(18,19)8-20-11)7-12(23)21-13-9(16)4-3-5-10(13)17/h3-5,11,20H,2,6-8H2,1H3,(H,21,23). The van der Waals surface area contributed by atoms with Crippen LogP contribution in [0.1, 0.15) is 13.3 Å². The normalized spacial score (nSPS) is 19.1. The minimum atomic E-state index is -2.91. The van der Waals surface area contributed by atoms with E-state index >= 15 is 0 Å². The molecule has 1 atom stereocenters. The number of benzene rings is 1. The van der Waals surface area contributed by atoms with Crippen LogP contribution in [0.3, 0.4) is 0 Å². The summed E-state index contributed by atoms with van der Waals surface area (Å²) < 4.78 is 26.4. The number of hydrogen-bond acceptors (Lipinski definition) is 3. The molecule has 0 saturated carbocycles. The molecule has 1 saturated heterocycles. The van der Waals surface area contributed by atoms with Crippen molar-refractivity contribution in [1.29, 1.82) is 0 Å². The Labute approximate surface area is 148 Å². The van der Waals surface area contributed by atoms with Crippen LogP contribution in [0, 0.1) is 0 Å². The first-order valence-electron chi connectivity index (χ1n) is 7.37. The van der Waals surface area contributed by atoms with Gasteiger partial charge in [0.2, 0.25) is 11.8 Å². The fourth-order valence-electron chi connectivity index (χ4n) is 2.43. The Balaban J connectivity index is 1.99. The summed E-state index contributed by atoms with van der Waals surface area (Å²) in [4.78, 5) is 25.6. The van der Waals surface area contributed by atoms with Crippen LogP contribution in [0.4, 0.5) is 14.5 Å². The molecule has 1 aliphatic heterocycles. The van der Waals surface area contributed by atoms with Crippen molar-refractivity contribution in [3.8, 4) is 0 Å². The number of carbonyl (C=O) groups excluding carboxylic acids is 2. The van der Waals surface area contributed by atoms with Gasteiger partial charge >= 0.3 is 0 Å². The Morgan fingerprint density at radius 3 is 2.50 bits per heavy atom. The largest absolute Gasteiger partial charge is 0.332 e. The number of nitrogens with one attached hydrogen (secondary N) is 2. The van der Waals surface area contributed by atoms with E-state index in [-0.39, 0.29) is 28.8 Å². The molecule has 9 heteroatoms. The van der Waals surface area contributed by atoms with E-state index in [4.69, 9.17) is 23.2 Å². The van der Waals surface area contributed by atoms with E-state index in [1.165, 1.54) is 4.90 Å². The van der Waals surface area contributed by atoms with Crippen LogP contribution in [-0.4, -0.2) is 48.3 Å². The number of carbonyl (C=O) groups is 2. The van der Waals surface area contributed by atoms with Crippen molar-refractivity contribution >= 4 is 40.7 Å². The molecule has 2 rings (SSSR count). The Morgan fingerprint density at radius 1 is 1.38 bits per heavy atom. The minimum Gasteiger partial charge on any atom is -0.332 e.